The Morgan fingerprint density at radius 2 is 1.18 bits per heavy atom. The predicted molar refractivity (Wildman–Crippen MR) is 110 cm³/mol. The third kappa shape index (κ3) is 11.7. The van der Waals surface area contributed by atoms with Crippen LogP contribution in [0, 0.1) is 0 Å². The van der Waals surface area contributed by atoms with Crippen molar-refractivity contribution in [3.05, 3.63) is 84.0 Å². The number of benzene rings is 2. The average Bonchev–Trinajstić information content (AvgIpc) is 2.62. The molecule has 4 N–H and O–H groups in total. The van der Waals surface area contributed by atoms with E-state index in [1.54, 1.807) is 30.3 Å². The van der Waals surface area contributed by atoms with E-state index >= 15 is 0 Å². The Kier molecular flexibility index (Phi) is 10.8. The highest BCUT2D eigenvalue weighted by Crippen LogP contribution is 2.15. The maximum Gasteiger partial charge on any atom is 0.330 e. The highest BCUT2D eigenvalue weighted by molar-refractivity contribution is 5.85. The second kappa shape index (κ2) is 12.5. The first-order valence-electron chi connectivity index (χ1n) is 8.06. The van der Waals surface area contributed by atoms with Gasteiger partial charge in [0.1, 0.15) is 11.5 Å². The van der Waals surface area contributed by atoms with Crippen LogP contribution in [0.25, 0.3) is 12.2 Å². The summed E-state index contributed by atoms with van der Waals surface area (Å²) in [7, 11) is 0. The molecule has 0 heterocycles. The van der Waals surface area contributed by atoms with Crippen LogP contribution in [0.3, 0.4) is 0 Å². The summed E-state index contributed by atoms with van der Waals surface area (Å²) in [5, 5.41) is 34.2. The smallest absolute Gasteiger partial charge is 0.330 e. The van der Waals surface area contributed by atoms with Gasteiger partial charge in [-0.1, -0.05) is 49.6 Å². The van der Waals surface area contributed by atoms with Crippen molar-refractivity contribution in [1.82, 2.24) is 0 Å². The lowest BCUT2D eigenvalue weighted by Crippen LogP contribution is -1.92. The summed E-state index contributed by atoms with van der Waals surface area (Å²) in [5.74, 6) is -1.35. The zero-order valence-electron chi connectivity index (χ0n) is 15.8. The van der Waals surface area contributed by atoms with Crippen LogP contribution in [0.2, 0.25) is 0 Å². The molecule has 0 saturated carbocycles. The number of rotatable bonds is 4. The molecule has 6 heteroatoms. The van der Waals surface area contributed by atoms with Gasteiger partial charge >= 0.3 is 11.9 Å². The van der Waals surface area contributed by atoms with Crippen molar-refractivity contribution in [3.63, 3.8) is 0 Å². The Hall–Kier alpha value is -3.80. The van der Waals surface area contributed by atoms with Gasteiger partial charge in [0.2, 0.25) is 0 Å². The molecule has 2 rings (SSSR count). The molecule has 0 spiro atoms. The summed E-state index contributed by atoms with van der Waals surface area (Å²) in [5.41, 5.74) is 2.29. The molecular formula is C22H24O6. The summed E-state index contributed by atoms with van der Waals surface area (Å²) in [4.78, 5) is 19.2. The molecule has 0 fully saturated rings. The van der Waals surface area contributed by atoms with Gasteiger partial charge in [-0.15, -0.1) is 0 Å². The molecule has 6 nitrogen and oxygen atoms in total. The van der Waals surface area contributed by atoms with Crippen molar-refractivity contribution < 1.29 is 30.0 Å². The molecule has 0 aromatic heterocycles. The molecule has 28 heavy (non-hydrogen) atoms. The summed E-state index contributed by atoms with van der Waals surface area (Å²) < 4.78 is 0. The molecule has 0 amide bonds. The van der Waals surface area contributed by atoms with Gasteiger partial charge in [0.15, 0.2) is 0 Å². The van der Waals surface area contributed by atoms with Gasteiger partial charge in [-0.05, 0) is 49.2 Å². The van der Waals surface area contributed by atoms with Crippen molar-refractivity contribution in [3.8, 4) is 11.5 Å². The molecule has 0 atom stereocenters. The van der Waals surface area contributed by atoms with Gasteiger partial charge in [0.25, 0.3) is 0 Å². The van der Waals surface area contributed by atoms with E-state index in [1.165, 1.54) is 13.8 Å². The third-order valence-electron chi connectivity index (χ3n) is 2.96. The Labute approximate surface area is 164 Å². The van der Waals surface area contributed by atoms with Crippen LogP contribution < -0.4 is 0 Å². The molecule has 0 bridgehead atoms. The number of phenols is 2. The first-order valence-corrected chi connectivity index (χ1v) is 8.06. The summed E-state index contributed by atoms with van der Waals surface area (Å²) in [6.07, 6.45) is 3.83. The topological polar surface area (TPSA) is 115 Å². The summed E-state index contributed by atoms with van der Waals surface area (Å²) in [6, 6.07) is 14.0. The molecule has 0 radical (unpaired) electrons. The fourth-order valence-electron chi connectivity index (χ4n) is 1.41. The lowest BCUT2D eigenvalue weighted by molar-refractivity contribution is -0.133. The first-order chi connectivity index (χ1) is 13.0. The minimum absolute atomic E-state index is 0.176. The van der Waals surface area contributed by atoms with E-state index in [-0.39, 0.29) is 22.6 Å². The van der Waals surface area contributed by atoms with Gasteiger partial charge in [-0.3, -0.25) is 0 Å². The van der Waals surface area contributed by atoms with Gasteiger partial charge in [-0.2, -0.15) is 0 Å². The van der Waals surface area contributed by atoms with Gasteiger partial charge in [0, 0.05) is 11.1 Å². The van der Waals surface area contributed by atoms with E-state index in [1.807, 2.05) is 30.4 Å². The highest BCUT2D eigenvalue weighted by Gasteiger charge is 1.92. The third-order valence-corrected chi connectivity index (χ3v) is 2.96. The second-order valence-corrected chi connectivity index (χ2v) is 5.69. The van der Waals surface area contributed by atoms with Crippen LogP contribution >= 0.6 is 0 Å². The molecular weight excluding hydrogens is 360 g/mol. The molecule has 2 aromatic carbocycles. The maximum absolute atomic E-state index is 9.60. The van der Waals surface area contributed by atoms with Gasteiger partial charge < -0.3 is 20.4 Å². The zero-order valence-corrected chi connectivity index (χ0v) is 15.8. The quantitative estimate of drug-likeness (QED) is 0.454. The number of carbonyl (C=O) groups is 2. The molecule has 0 aliphatic rings. The van der Waals surface area contributed by atoms with Crippen LogP contribution in [0.5, 0.6) is 11.5 Å². The summed E-state index contributed by atoms with van der Waals surface area (Å²) in [6.45, 7) is 9.20. The van der Waals surface area contributed by atoms with E-state index in [9.17, 15) is 14.7 Å². The minimum Gasteiger partial charge on any atom is -0.508 e. The van der Waals surface area contributed by atoms with Crippen LogP contribution in [0.4, 0.5) is 0 Å². The summed E-state index contributed by atoms with van der Waals surface area (Å²) >= 11 is 0. The lowest BCUT2D eigenvalue weighted by Gasteiger charge is -1.96. The molecule has 148 valence electrons. The second-order valence-electron chi connectivity index (χ2n) is 5.69. The minimum atomic E-state index is -0.935. The molecule has 0 unspecified atom stereocenters. The number of aliphatic carboxylic acids is 2. The van der Waals surface area contributed by atoms with Crippen molar-refractivity contribution in [2.45, 2.75) is 13.8 Å². The van der Waals surface area contributed by atoms with Crippen LogP contribution in [-0.4, -0.2) is 32.4 Å². The van der Waals surface area contributed by atoms with Crippen molar-refractivity contribution >= 4 is 24.1 Å². The predicted octanol–water partition coefficient (Wildman–Crippen LogP) is 4.56. The van der Waals surface area contributed by atoms with Gasteiger partial charge in [-0.25, -0.2) is 9.59 Å². The van der Waals surface area contributed by atoms with Crippen molar-refractivity contribution in [1.29, 1.82) is 0 Å². The monoisotopic (exact) mass is 384 g/mol. The molecule has 0 saturated heterocycles. The number of aromatic hydroxyl groups is 2. The number of hydrogen-bond acceptors (Lipinski definition) is 4. The largest absolute Gasteiger partial charge is 0.508 e. The van der Waals surface area contributed by atoms with Crippen LogP contribution in [-0.2, 0) is 9.59 Å². The highest BCUT2D eigenvalue weighted by atomic mass is 16.4. The Bertz CT molecular complexity index is 800. The molecule has 2 aromatic rings. The van der Waals surface area contributed by atoms with E-state index in [2.05, 4.69) is 13.2 Å². The van der Waals surface area contributed by atoms with E-state index in [0.717, 1.165) is 11.1 Å². The first kappa shape index (κ1) is 24.2. The SMILES string of the molecule is C=C(C)C(=O)O.C=C(C)C(=O)O.Oc1ccc(C=Cc2cccc(O)c2)cc1. The van der Waals surface area contributed by atoms with Gasteiger partial charge in [0.05, 0.1) is 0 Å². The van der Waals surface area contributed by atoms with Crippen molar-refractivity contribution in [2.24, 2.45) is 0 Å². The Morgan fingerprint density at radius 1 is 0.750 bits per heavy atom. The molecule has 0 aliphatic heterocycles. The maximum atomic E-state index is 9.60. The fraction of sp³-hybridized carbons (Fsp3) is 0.0909. The number of hydrogen-bond donors (Lipinski definition) is 4. The fourth-order valence-corrected chi connectivity index (χ4v) is 1.41. The number of phenolic OH excluding ortho intramolecular Hbond substituents is 2. The zero-order chi connectivity index (χ0) is 21.7. The average molecular weight is 384 g/mol. The standard InChI is InChI=1S/C14H12O2.2C4H6O2/c15-13-8-6-11(7-9-13)4-5-12-2-1-3-14(16)10-12;2*1-3(2)4(5)6/h1-10,15-16H;2*1H2,2H3,(H,5,6). The van der Waals surface area contributed by atoms with Crippen LogP contribution in [0.1, 0.15) is 25.0 Å². The normalized spacial score (nSPS) is 9.36. The number of carboxylic acids is 2. The van der Waals surface area contributed by atoms with Crippen LogP contribution in [0.15, 0.2) is 72.8 Å². The van der Waals surface area contributed by atoms with Crippen molar-refractivity contribution in [2.75, 3.05) is 0 Å². The Morgan fingerprint density at radius 3 is 1.57 bits per heavy atom. The van der Waals surface area contributed by atoms with E-state index in [0.29, 0.717) is 0 Å². The number of carboxylic acid groups (broad SMARTS) is 2. The molecule has 0 aliphatic carbocycles. The lowest BCUT2D eigenvalue weighted by atomic mass is 10.1. The van der Waals surface area contributed by atoms with E-state index < -0.39 is 11.9 Å². The Balaban J connectivity index is 0.000000505. The van der Waals surface area contributed by atoms with E-state index in [4.69, 9.17) is 15.3 Å².